The lowest BCUT2D eigenvalue weighted by molar-refractivity contribution is -0.116. The van der Waals surface area contributed by atoms with Gasteiger partial charge in [0.15, 0.2) is 0 Å². The van der Waals surface area contributed by atoms with Crippen LogP contribution in [0, 0.1) is 0 Å². The molecule has 1 aromatic carbocycles. The van der Waals surface area contributed by atoms with Crippen molar-refractivity contribution in [1.29, 1.82) is 0 Å². The molecule has 0 spiro atoms. The van der Waals surface area contributed by atoms with Crippen molar-refractivity contribution in [3.8, 4) is 5.75 Å². The van der Waals surface area contributed by atoms with Gasteiger partial charge >= 0.3 is 6.03 Å². The number of amides is 3. The molecule has 0 unspecified atom stereocenters. The number of carbonyl (C=O) groups is 2. The van der Waals surface area contributed by atoms with Gasteiger partial charge in [-0.3, -0.25) is 4.79 Å². The maximum Gasteiger partial charge on any atom is 0.315 e. The zero-order valence-electron chi connectivity index (χ0n) is 12.4. The zero-order valence-corrected chi connectivity index (χ0v) is 12.4. The molecule has 1 aliphatic rings. The van der Waals surface area contributed by atoms with Crippen LogP contribution in [0.3, 0.4) is 0 Å². The summed E-state index contributed by atoms with van der Waals surface area (Å²) in [7, 11) is 1.60. The molecule has 3 amide bonds. The molecule has 2 N–H and O–H groups in total. The third-order valence-corrected chi connectivity index (χ3v) is 3.30. The highest BCUT2D eigenvalue weighted by Gasteiger charge is 2.23. The molecule has 1 aliphatic carbocycles. The van der Waals surface area contributed by atoms with E-state index in [1.54, 1.807) is 24.1 Å². The molecule has 114 valence electrons. The van der Waals surface area contributed by atoms with Crippen molar-refractivity contribution in [3.05, 3.63) is 24.3 Å². The lowest BCUT2D eigenvalue weighted by atomic mass is 10.2. The van der Waals surface area contributed by atoms with Crippen LogP contribution in [0.1, 0.15) is 19.8 Å². The number of hydrogen-bond acceptors (Lipinski definition) is 3. The fraction of sp³-hybridized carbons (Fsp3) is 0.467. The number of nitrogens with one attached hydrogen (secondary N) is 2. The molecular weight excluding hydrogens is 270 g/mol. The molecule has 0 atom stereocenters. The summed E-state index contributed by atoms with van der Waals surface area (Å²) < 4.78 is 5.10. The Balaban J connectivity index is 1.85. The molecular formula is C15H21N3O3. The fourth-order valence-corrected chi connectivity index (χ4v) is 1.98. The van der Waals surface area contributed by atoms with E-state index in [1.807, 2.05) is 12.1 Å². The Morgan fingerprint density at radius 3 is 2.48 bits per heavy atom. The highest BCUT2D eigenvalue weighted by Crippen LogP contribution is 2.19. The van der Waals surface area contributed by atoms with E-state index in [2.05, 4.69) is 10.6 Å². The summed E-state index contributed by atoms with van der Waals surface area (Å²) in [5, 5.41) is 5.60. The van der Waals surface area contributed by atoms with Crippen molar-refractivity contribution >= 4 is 17.6 Å². The molecule has 1 aromatic rings. The van der Waals surface area contributed by atoms with Gasteiger partial charge in [0, 0.05) is 31.7 Å². The summed E-state index contributed by atoms with van der Waals surface area (Å²) in [6, 6.07) is 7.41. The lowest BCUT2D eigenvalue weighted by Crippen LogP contribution is -2.42. The molecule has 0 radical (unpaired) electrons. The van der Waals surface area contributed by atoms with E-state index in [0.717, 1.165) is 24.3 Å². The summed E-state index contributed by atoms with van der Waals surface area (Å²) in [5.74, 6) is 0.675. The molecule has 6 heteroatoms. The standard InChI is InChI=1S/C15H21N3O3/c1-11(19)18(13-5-7-14(21-2)8-6-13)10-9-16-15(20)17-12-3-4-12/h5-8,12H,3-4,9-10H2,1-2H3,(H2,16,17,20). The average Bonchev–Trinajstić information content (AvgIpc) is 3.27. The van der Waals surface area contributed by atoms with E-state index in [0.29, 0.717) is 19.1 Å². The van der Waals surface area contributed by atoms with E-state index < -0.39 is 0 Å². The number of carbonyl (C=O) groups excluding carboxylic acids is 2. The number of methoxy groups -OCH3 is 1. The quantitative estimate of drug-likeness (QED) is 0.834. The Hall–Kier alpha value is -2.24. The number of urea groups is 1. The van der Waals surface area contributed by atoms with Crippen molar-refractivity contribution in [2.24, 2.45) is 0 Å². The fourth-order valence-electron chi connectivity index (χ4n) is 1.98. The van der Waals surface area contributed by atoms with Crippen molar-refractivity contribution in [2.75, 3.05) is 25.1 Å². The van der Waals surface area contributed by atoms with Crippen LogP contribution in [-0.4, -0.2) is 38.2 Å². The Bertz CT molecular complexity index is 497. The number of rotatable bonds is 6. The van der Waals surface area contributed by atoms with E-state index in [1.165, 1.54) is 6.92 Å². The summed E-state index contributed by atoms with van der Waals surface area (Å²) in [6.07, 6.45) is 2.11. The first-order chi connectivity index (χ1) is 10.1. The first kappa shape index (κ1) is 15.2. The second kappa shape index (κ2) is 6.97. The van der Waals surface area contributed by atoms with Crippen molar-refractivity contribution < 1.29 is 14.3 Å². The molecule has 0 aromatic heterocycles. The topological polar surface area (TPSA) is 70.7 Å². The highest BCUT2D eigenvalue weighted by atomic mass is 16.5. The molecule has 0 heterocycles. The van der Waals surface area contributed by atoms with Crippen LogP contribution in [0.25, 0.3) is 0 Å². The maximum atomic E-state index is 11.7. The molecule has 0 bridgehead atoms. The second-order valence-electron chi connectivity index (χ2n) is 5.04. The Kier molecular flexibility index (Phi) is 5.03. The van der Waals surface area contributed by atoms with Crippen LogP contribution >= 0.6 is 0 Å². The monoisotopic (exact) mass is 291 g/mol. The minimum atomic E-state index is -0.171. The normalized spacial score (nSPS) is 13.4. The summed E-state index contributed by atoms with van der Waals surface area (Å²) in [6.45, 7) is 2.35. The van der Waals surface area contributed by atoms with Gasteiger partial charge in [0.25, 0.3) is 0 Å². The Morgan fingerprint density at radius 2 is 1.95 bits per heavy atom. The number of hydrogen-bond donors (Lipinski definition) is 2. The molecule has 1 saturated carbocycles. The molecule has 0 saturated heterocycles. The minimum absolute atomic E-state index is 0.0652. The molecule has 21 heavy (non-hydrogen) atoms. The SMILES string of the molecule is COc1ccc(N(CCNC(=O)NC2CC2)C(C)=O)cc1. The number of benzene rings is 1. The van der Waals surface area contributed by atoms with Gasteiger partial charge in [0.2, 0.25) is 5.91 Å². The second-order valence-corrected chi connectivity index (χ2v) is 5.04. The predicted molar refractivity (Wildman–Crippen MR) is 80.6 cm³/mol. The first-order valence-corrected chi connectivity index (χ1v) is 7.06. The van der Waals surface area contributed by atoms with Gasteiger partial charge in [0.05, 0.1) is 7.11 Å². The smallest absolute Gasteiger partial charge is 0.315 e. The van der Waals surface area contributed by atoms with Crippen molar-refractivity contribution in [1.82, 2.24) is 10.6 Å². The minimum Gasteiger partial charge on any atom is -0.497 e. The largest absolute Gasteiger partial charge is 0.497 e. The Labute approximate surface area is 124 Å². The predicted octanol–water partition coefficient (Wildman–Crippen LogP) is 1.51. The average molecular weight is 291 g/mol. The van der Waals surface area contributed by atoms with Crippen molar-refractivity contribution in [2.45, 2.75) is 25.8 Å². The molecule has 2 rings (SSSR count). The van der Waals surface area contributed by atoms with Crippen LogP contribution in [0.2, 0.25) is 0 Å². The van der Waals surface area contributed by atoms with Crippen LogP contribution in [0.15, 0.2) is 24.3 Å². The van der Waals surface area contributed by atoms with Gasteiger partial charge < -0.3 is 20.3 Å². The van der Waals surface area contributed by atoms with E-state index in [4.69, 9.17) is 4.74 Å². The van der Waals surface area contributed by atoms with Crippen molar-refractivity contribution in [3.63, 3.8) is 0 Å². The van der Waals surface area contributed by atoms with Gasteiger partial charge in [-0.15, -0.1) is 0 Å². The van der Waals surface area contributed by atoms with Gasteiger partial charge in [-0.2, -0.15) is 0 Å². The van der Waals surface area contributed by atoms with Crippen LogP contribution in [0.5, 0.6) is 5.75 Å². The summed E-state index contributed by atoms with van der Waals surface area (Å²) in [4.78, 5) is 24.9. The molecule has 1 fully saturated rings. The van der Waals surface area contributed by atoms with Gasteiger partial charge in [-0.1, -0.05) is 0 Å². The Morgan fingerprint density at radius 1 is 1.29 bits per heavy atom. The lowest BCUT2D eigenvalue weighted by Gasteiger charge is -2.21. The zero-order chi connectivity index (χ0) is 15.2. The molecule has 6 nitrogen and oxygen atoms in total. The third-order valence-electron chi connectivity index (χ3n) is 3.30. The van der Waals surface area contributed by atoms with Crippen LogP contribution in [0.4, 0.5) is 10.5 Å². The number of nitrogens with zero attached hydrogens (tertiary/aromatic N) is 1. The van der Waals surface area contributed by atoms with Crippen LogP contribution < -0.4 is 20.3 Å². The van der Waals surface area contributed by atoms with Gasteiger partial charge in [0.1, 0.15) is 5.75 Å². The van der Waals surface area contributed by atoms with Gasteiger partial charge in [-0.25, -0.2) is 4.79 Å². The maximum absolute atomic E-state index is 11.7. The van der Waals surface area contributed by atoms with Crippen LogP contribution in [-0.2, 0) is 4.79 Å². The van der Waals surface area contributed by atoms with E-state index >= 15 is 0 Å². The van der Waals surface area contributed by atoms with E-state index in [-0.39, 0.29) is 11.9 Å². The molecule has 0 aliphatic heterocycles. The summed E-state index contributed by atoms with van der Waals surface area (Å²) >= 11 is 0. The first-order valence-electron chi connectivity index (χ1n) is 7.06. The van der Waals surface area contributed by atoms with E-state index in [9.17, 15) is 9.59 Å². The highest BCUT2D eigenvalue weighted by molar-refractivity contribution is 5.91. The summed E-state index contributed by atoms with van der Waals surface area (Å²) in [5.41, 5.74) is 0.785. The number of anilines is 1. The number of ether oxygens (including phenoxy) is 1. The third kappa shape index (κ3) is 4.66. The van der Waals surface area contributed by atoms with Gasteiger partial charge in [-0.05, 0) is 37.1 Å².